The monoisotopic (exact) mass is 282 g/mol. The molecule has 1 amide bonds. The maximum Gasteiger partial charge on any atom is 0.239 e. The average Bonchev–Trinajstić information content (AvgIpc) is 2.30. The number of carbonyl (C=O) groups is 1. The van der Waals surface area contributed by atoms with Crippen molar-refractivity contribution in [3.63, 3.8) is 0 Å². The van der Waals surface area contributed by atoms with Crippen molar-refractivity contribution in [1.82, 2.24) is 10.9 Å². The van der Waals surface area contributed by atoms with Crippen LogP contribution in [-0.2, 0) is 4.79 Å². The third-order valence-corrected chi connectivity index (χ3v) is 2.99. The Kier molecular flexibility index (Phi) is 3.09. The van der Waals surface area contributed by atoms with Crippen LogP contribution in [0, 0.1) is 0 Å². The molecule has 0 radical (unpaired) electrons. The number of halogens is 1. The second-order valence-corrected chi connectivity index (χ2v) is 4.41. The summed E-state index contributed by atoms with van der Waals surface area (Å²) in [5, 5.41) is 3.64. The molecule has 1 aliphatic rings. The van der Waals surface area contributed by atoms with Gasteiger partial charge in [0.15, 0.2) is 0 Å². The number of rotatable bonds is 1. The fourth-order valence-electron chi connectivity index (χ4n) is 1.65. The highest BCUT2D eigenvalue weighted by Crippen LogP contribution is 2.23. The van der Waals surface area contributed by atoms with Crippen LogP contribution in [0.15, 0.2) is 33.8 Å². The molecule has 6 heteroatoms. The molecule has 0 bridgehead atoms. The van der Waals surface area contributed by atoms with Gasteiger partial charge in [-0.05, 0) is 17.7 Å². The van der Waals surface area contributed by atoms with Crippen LogP contribution in [0.4, 0.5) is 0 Å². The van der Waals surface area contributed by atoms with Crippen LogP contribution in [0.5, 0.6) is 0 Å². The Morgan fingerprint density at radius 2 is 2.00 bits per heavy atom. The number of amides is 1. The number of carbonyl (C=O) groups excluding carboxylic acids is 1. The molecule has 0 aromatic heterocycles. The number of hydrazine groups is 1. The van der Waals surface area contributed by atoms with Gasteiger partial charge in [-0.1, -0.05) is 28.1 Å². The number of nitrogens with one attached hydrogen (secondary N) is 2. The first kappa shape index (κ1) is 10.9. The summed E-state index contributed by atoms with van der Waals surface area (Å²) in [6, 6.07) is 7.74. The van der Waals surface area contributed by atoms with Crippen LogP contribution >= 0.6 is 15.9 Å². The highest BCUT2D eigenvalue weighted by Gasteiger charge is 2.26. The SMILES string of the molecule is N/N=C1/NNC(=O)CC1c1ccc(Br)cc1. The van der Waals surface area contributed by atoms with Gasteiger partial charge in [-0.15, -0.1) is 0 Å². The van der Waals surface area contributed by atoms with E-state index in [0.29, 0.717) is 12.3 Å². The second-order valence-electron chi connectivity index (χ2n) is 3.50. The van der Waals surface area contributed by atoms with E-state index in [4.69, 9.17) is 5.84 Å². The zero-order valence-electron chi connectivity index (χ0n) is 8.40. The van der Waals surface area contributed by atoms with E-state index in [9.17, 15) is 4.79 Å². The van der Waals surface area contributed by atoms with Crippen molar-refractivity contribution >= 4 is 27.7 Å². The van der Waals surface area contributed by atoms with E-state index in [-0.39, 0.29) is 11.8 Å². The van der Waals surface area contributed by atoms with Gasteiger partial charge < -0.3 is 5.84 Å². The Morgan fingerprint density at radius 1 is 1.31 bits per heavy atom. The molecule has 84 valence electrons. The normalized spacial score (nSPS) is 22.7. The van der Waals surface area contributed by atoms with Crippen LogP contribution in [0.2, 0.25) is 0 Å². The summed E-state index contributed by atoms with van der Waals surface area (Å²) in [7, 11) is 0. The van der Waals surface area contributed by atoms with Crippen LogP contribution < -0.4 is 16.7 Å². The maximum atomic E-state index is 11.3. The summed E-state index contributed by atoms with van der Waals surface area (Å²) in [6.07, 6.45) is 0.352. The number of nitrogens with two attached hydrogens (primary N) is 1. The van der Waals surface area contributed by atoms with Crippen molar-refractivity contribution in [3.05, 3.63) is 34.3 Å². The van der Waals surface area contributed by atoms with Crippen LogP contribution in [0.25, 0.3) is 0 Å². The molecule has 1 aromatic carbocycles. The minimum absolute atomic E-state index is 0.0691. The predicted octanol–water partition coefficient (Wildman–Crippen LogP) is 0.829. The topological polar surface area (TPSA) is 79.5 Å². The van der Waals surface area contributed by atoms with E-state index in [0.717, 1.165) is 10.0 Å². The summed E-state index contributed by atoms with van der Waals surface area (Å²) < 4.78 is 0.996. The van der Waals surface area contributed by atoms with Gasteiger partial charge in [-0.3, -0.25) is 15.6 Å². The van der Waals surface area contributed by atoms with E-state index in [1.165, 1.54) is 0 Å². The van der Waals surface area contributed by atoms with Crippen molar-refractivity contribution in [2.75, 3.05) is 0 Å². The summed E-state index contributed by atoms with van der Waals surface area (Å²) in [5.41, 5.74) is 6.19. The van der Waals surface area contributed by atoms with Gasteiger partial charge in [-0.2, -0.15) is 5.10 Å². The van der Waals surface area contributed by atoms with Crippen LogP contribution in [0.1, 0.15) is 17.9 Å². The summed E-state index contributed by atoms with van der Waals surface area (Å²) in [5.74, 6) is 5.67. The number of nitrogens with zero attached hydrogens (tertiary/aromatic N) is 1. The van der Waals surface area contributed by atoms with Gasteiger partial charge in [-0.25, -0.2) is 0 Å². The van der Waals surface area contributed by atoms with E-state index >= 15 is 0 Å². The Morgan fingerprint density at radius 3 is 2.62 bits per heavy atom. The van der Waals surface area contributed by atoms with Gasteiger partial charge in [0.1, 0.15) is 5.84 Å². The molecule has 0 saturated carbocycles. The summed E-state index contributed by atoms with van der Waals surface area (Å²) >= 11 is 3.36. The van der Waals surface area contributed by atoms with Gasteiger partial charge >= 0.3 is 0 Å². The number of hydrogen-bond donors (Lipinski definition) is 3. The smallest absolute Gasteiger partial charge is 0.239 e. The number of hydrogen-bond acceptors (Lipinski definition) is 3. The molecule has 2 rings (SSSR count). The lowest BCUT2D eigenvalue weighted by Gasteiger charge is -2.25. The predicted molar refractivity (Wildman–Crippen MR) is 64.4 cm³/mol. The maximum absolute atomic E-state index is 11.3. The fourth-order valence-corrected chi connectivity index (χ4v) is 1.91. The summed E-state index contributed by atoms with van der Waals surface area (Å²) in [4.78, 5) is 11.3. The van der Waals surface area contributed by atoms with Crippen molar-refractivity contribution < 1.29 is 4.79 Å². The van der Waals surface area contributed by atoms with Crippen molar-refractivity contribution in [1.29, 1.82) is 0 Å². The molecule has 16 heavy (non-hydrogen) atoms. The highest BCUT2D eigenvalue weighted by molar-refractivity contribution is 9.10. The quantitative estimate of drug-likeness (QED) is 0.527. The molecule has 0 aliphatic carbocycles. The Balaban J connectivity index is 2.29. The summed E-state index contributed by atoms with van der Waals surface area (Å²) in [6.45, 7) is 0. The van der Waals surface area contributed by atoms with Crippen LogP contribution in [0.3, 0.4) is 0 Å². The first-order chi connectivity index (χ1) is 7.70. The van der Waals surface area contributed by atoms with Crippen LogP contribution in [-0.4, -0.2) is 11.7 Å². The molecule has 4 N–H and O–H groups in total. The number of hydrazone groups is 1. The van der Waals surface area contributed by atoms with Crippen molar-refractivity contribution in [2.24, 2.45) is 10.9 Å². The number of benzene rings is 1. The first-order valence-electron chi connectivity index (χ1n) is 4.79. The van der Waals surface area contributed by atoms with Gasteiger partial charge in [0.25, 0.3) is 0 Å². The second kappa shape index (κ2) is 4.52. The Labute approximate surface area is 101 Å². The van der Waals surface area contributed by atoms with E-state index in [1.807, 2.05) is 24.3 Å². The molecule has 1 heterocycles. The van der Waals surface area contributed by atoms with Gasteiger partial charge in [0.2, 0.25) is 5.91 Å². The fraction of sp³-hybridized carbons (Fsp3) is 0.200. The minimum atomic E-state index is -0.105. The lowest BCUT2D eigenvalue weighted by Crippen LogP contribution is -2.50. The van der Waals surface area contributed by atoms with Gasteiger partial charge in [0.05, 0.1) is 5.92 Å². The molecule has 0 spiro atoms. The molecule has 1 aliphatic heterocycles. The molecule has 5 nitrogen and oxygen atoms in total. The molecule has 1 saturated heterocycles. The molecular formula is C10H11BrN4O. The molecule has 1 aromatic rings. The van der Waals surface area contributed by atoms with E-state index in [1.54, 1.807) is 0 Å². The third-order valence-electron chi connectivity index (χ3n) is 2.46. The molecule has 1 atom stereocenters. The zero-order chi connectivity index (χ0) is 11.5. The lowest BCUT2D eigenvalue weighted by atomic mass is 9.93. The van der Waals surface area contributed by atoms with E-state index < -0.39 is 0 Å². The third kappa shape index (κ3) is 2.16. The molecule has 1 fully saturated rings. The lowest BCUT2D eigenvalue weighted by molar-refractivity contribution is -0.122. The minimum Gasteiger partial charge on any atom is -0.322 e. The number of amidine groups is 1. The first-order valence-corrected chi connectivity index (χ1v) is 5.58. The Hall–Kier alpha value is -1.56. The average molecular weight is 283 g/mol. The highest BCUT2D eigenvalue weighted by atomic mass is 79.9. The Bertz CT molecular complexity index is 429. The largest absolute Gasteiger partial charge is 0.322 e. The standard InChI is InChI=1S/C10H11BrN4O/c11-7-3-1-6(2-4-7)8-5-9(16)14-15-10(8)13-12/h1-4,8H,5,12H2,(H,13,15)(H,14,16). The van der Waals surface area contributed by atoms with Gasteiger partial charge in [0, 0.05) is 10.9 Å². The zero-order valence-corrected chi connectivity index (χ0v) is 9.99. The van der Waals surface area contributed by atoms with Crippen molar-refractivity contribution in [2.45, 2.75) is 12.3 Å². The molecular weight excluding hydrogens is 272 g/mol. The van der Waals surface area contributed by atoms with Crippen molar-refractivity contribution in [3.8, 4) is 0 Å². The van der Waals surface area contributed by atoms with E-state index in [2.05, 4.69) is 31.9 Å². The molecule has 1 unspecified atom stereocenters.